The Morgan fingerprint density at radius 2 is 1.50 bits per heavy atom. The molecule has 0 fully saturated rings. The molecule has 0 rings (SSSR count). The summed E-state index contributed by atoms with van der Waals surface area (Å²) >= 11 is 0.0800. The Morgan fingerprint density at radius 1 is 1.17 bits per heavy atom. The van der Waals surface area contributed by atoms with Gasteiger partial charge in [0.25, 0.3) is 0 Å². The molecule has 0 amide bonds. The van der Waals surface area contributed by atoms with Gasteiger partial charge in [-0.25, -0.2) is 0 Å². The van der Waals surface area contributed by atoms with Gasteiger partial charge in [-0.15, -0.1) is 17.0 Å². The van der Waals surface area contributed by atoms with Crippen LogP contribution in [0.15, 0.2) is 0 Å². The van der Waals surface area contributed by atoms with E-state index >= 15 is 0 Å². The summed E-state index contributed by atoms with van der Waals surface area (Å²) in [6, 6.07) is 0. The van der Waals surface area contributed by atoms with Gasteiger partial charge in [-0.3, -0.25) is 0 Å². The second kappa shape index (κ2) is 9.61. The molecule has 0 aromatic rings. The third-order valence-corrected chi connectivity index (χ3v) is 3.87. The first-order valence-corrected chi connectivity index (χ1v) is 6.89. The van der Waals surface area contributed by atoms with Crippen LogP contribution in [0, 0.1) is 0 Å². The Bertz CT molecular complexity index is 15.0. The number of rotatable bonds is 2. The fourth-order valence-electron chi connectivity index (χ4n) is 0.289. The van der Waals surface area contributed by atoms with E-state index in [2.05, 4.69) is 13.8 Å². The summed E-state index contributed by atoms with van der Waals surface area (Å²) in [5, 5.41) is 0. The summed E-state index contributed by atoms with van der Waals surface area (Å²) in [4.78, 5) is 0. The van der Waals surface area contributed by atoms with Crippen LogP contribution in [-0.2, 0) is 0 Å². The van der Waals surface area contributed by atoms with Gasteiger partial charge in [0.1, 0.15) is 0 Å². The quantitative estimate of drug-likeness (QED) is 0.708. The molecule has 0 saturated heterocycles. The van der Waals surface area contributed by atoms with Crippen LogP contribution < -0.4 is 0 Å². The predicted octanol–water partition coefficient (Wildman–Crippen LogP) is 2.14. The van der Waals surface area contributed by atoms with Crippen LogP contribution in [0.1, 0.15) is 13.8 Å². The fraction of sp³-hybridized carbons (Fsp3) is 1.00. The van der Waals surface area contributed by atoms with Crippen LogP contribution in [0.5, 0.6) is 0 Å². The molecule has 0 atom stereocenters. The molecule has 0 aromatic carbocycles. The molecule has 0 aromatic heterocycles. The summed E-state index contributed by atoms with van der Waals surface area (Å²) in [5.41, 5.74) is 0. The van der Waals surface area contributed by atoms with Gasteiger partial charge in [-0.05, 0) is 0 Å². The summed E-state index contributed by atoms with van der Waals surface area (Å²) in [7, 11) is 0. The molecule has 0 aliphatic heterocycles. The van der Waals surface area contributed by atoms with Crippen LogP contribution in [0.3, 0.4) is 0 Å². The van der Waals surface area contributed by atoms with Gasteiger partial charge in [-0.2, -0.15) is 0 Å². The third-order valence-electron chi connectivity index (χ3n) is 0.577. The van der Waals surface area contributed by atoms with E-state index in [-0.39, 0.29) is 39.9 Å². The van der Waals surface area contributed by atoms with Crippen LogP contribution in [-0.4, -0.2) is 22.9 Å². The molecule has 0 N–H and O–H groups in total. The number of halogens is 1. The average Bonchev–Trinajstić information content (AvgIpc) is 1.41. The molecule has 37 valence electrons. The second-order valence-electron chi connectivity index (χ2n) is 1.11. The summed E-state index contributed by atoms with van der Waals surface area (Å²) in [5.74, 6) is 0. The zero-order chi connectivity index (χ0) is 4.12. The van der Waals surface area contributed by atoms with Gasteiger partial charge < -0.3 is 0 Å². The summed E-state index contributed by atoms with van der Waals surface area (Å²) in [6.45, 7) is 4.59. The van der Waals surface area contributed by atoms with Crippen molar-refractivity contribution in [3.05, 3.63) is 0 Å². The molecule has 0 heterocycles. The molecular formula is C4H11BrIn. The van der Waals surface area contributed by atoms with Crippen molar-refractivity contribution >= 4 is 39.9 Å². The Balaban J connectivity index is 0. The Labute approximate surface area is 61.8 Å². The minimum atomic E-state index is 0. The Morgan fingerprint density at radius 3 is 1.50 bits per heavy atom. The van der Waals surface area contributed by atoms with Crippen molar-refractivity contribution in [3.8, 4) is 0 Å². The van der Waals surface area contributed by atoms with E-state index in [9.17, 15) is 0 Å². The molecule has 0 aliphatic rings. The molecule has 0 saturated carbocycles. The Hall–Kier alpha value is 1.35. The van der Waals surface area contributed by atoms with E-state index in [0.29, 0.717) is 0 Å². The van der Waals surface area contributed by atoms with E-state index in [1.54, 1.807) is 0 Å². The van der Waals surface area contributed by atoms with Crippen molar-refractivity contribution in [2.45, 2.75) is 22.2 Å². The van der Waals surface area contributed by atoms with Gasteiger partial charge in [0.2, 0.25) is 0 Å². The topological polar surface area (TPSA) is 0 Å². The van der Waals surface area contributed by atoms with Crippen molar-refractivity contribution in [2.24, 2.45) is 0 Å². The standard InChI is InChI=1S/2C2H5.BrH.In/c2*1-2;;/h2*1H2,2H3;1H;. The zero-order valence-corrected chi connectivity index (χ0v) is 9.41. The first-order chi connectivity index (χ1) is 2.41. The Kier molecular flexibility index (Phi) is 16.6. The summed E-state index contributed by atoms with van der Waals surface area (Å²) < 4.78 is 3.07. The van der Waals surface area contributed by atoms with Crippen molar-refractivity contribution in [1.29, 1.82) is 0 Å². The molecule has 0 nitrogen and oxygen atoms in total. The number of hydrogen-bond donors (Lipinski definition) is 0. The summed E-state index contributed by atoms with van der Waals surface area (Å²) in [6.07, 6.45) is 0. The first kappa shape index (κ1) is 10.4. The van der Waals surface area contributed by atoms with Crippen molar-refractivity contribution in [3.63, 3.8) is 0 Å². The predicted molar refractivity (Wildman–Crippen MR) is 37.0 cm³/mol. The molecule has 0 spiro atoms. The number of hydrogen-bond acceptors (Lipinski definition) is 0. The molecule has 6 heavy (non-hydrogen) atoms. The van der Waals surface area contributed by atoms with E-state index in [4.69, 9.17) is 0 Å². The van der Waals surface area contributed by atoms with E-state index in [0.717, 1.165) is 0 Å². The average molecular weight is 254 g/mol. The second-order valence-corrected chi connectivity index (χ2v) is 7.41. The maximum absolute atomic E-state index is 2.30. The fourth-order valence-corrected chi connectivity index (χ4v) is 1.94. The molecule has 2 heteroatoms. The monoisotopic (exact) mass is 253 g/mol. The van der Waals surface area contributed by atoms with E-state index in [1.807, 2.05) is 0 Å². The minimum absolute atomic E-state index is 0. The van der Waals surface area contributed by atoms with Crippen molar-refractivity contribution in [1.82, 2.24) is 0 Å². The van der Waals surface area contributed by atoms with Gasteiger partial charge >= 0.3 is 45.1 Å². The third kappa shape index (κ3) is 9.02. The molecule has 0 aliphatic carbocycles. The van der Waals surface area contributed by atoms with Gasteiger partial charge in [-0.1, -0.05) is 0 Å². The van der Waals surface area contributed by atoms with Gasteiger partial charge in [0.05, 0.1) is 0 Å². The van der Waals surface area contributed by atoms with Crippen LogP contribution in [0.25, 0.3) is 0 Å². The molecular weight excluding hydrogens is 243 g/mol. The molecule has 1 radical (unpaired) electrons. The molecule has 0 bridgehead atoms. The van der Waals surface area contributed by atoms with Gasteiger partial charge in [0, 0.05) is 0 Å². The van der Waals surface area contributed by atoms with Crippen molar-refractivity contribution < 1.29 is 0 Å². The van der Waals surface area contributed by atoms with E-state index in [1.165, 1.54) is 8.35 Å². The molecule has 0 unspecified atom stereocenters. The van der Waals surface area contributed by atoms with Crippen LogP contribution in [0.2, 0.25) is 8.35 Å². The normalized spacial score (nSPS) is 6.33. The van der Waals surface area contributed by atoms with Gasteiger partial charge in [0.15, 0.2) is 0 Å². The zero-order valence-electron chi connectivity index (χ0n) is 4.40. The SMILES string of the molecule is Br.C[CH2][In][CH2]C. The first-order valence-electron chi connectivity index (χ1n) is 2.23. The van der Waals surface area contributed by atoms with Crippen LogP contribution >= 0.6 is 17.0 Å². The van der Waals surface area contributed by atoms with Crippen LogP contribution in [0.4, 0.5) is 0 Å². The van der Waals surface area contributed by atoms with Crippen molar-refractivity contribution in [2.75, 3.05) is 0 Å². The van der Waals surface area contributed by atoms with E-state index < -0.39 is 0 Å². The maximum atomic E-state index is 2.30.